The van der Waals surface area contributed by atoms with Crippen molar-refractivity contribution >= 4 is 17.7 Å². The molecule has 0 aliphatic carbocycles. The molecule has 1 spiro atoms. The maximum Gasteiger partial charge on any atom is 0.253 e. The number of piperidine rings is 1. The molecule has 3 rings (SSSR count). The minimum absolute atomic E-state index is 0.0556. The van der Waals surface area contributed by atoms with E-state index in [9.17, 15) is 14.4 Å². The Labute approximate surface area is 183 Å². The van der Waals surface area contributed by atoms with E-state index in [4.69, 9.17) is 9.47 Å². The minimum atomic E-state index is -0.610. The molecule has 2 fully saturated rings. The van der Waals surface area contributed by atoms with Crippen LogP contribution in [0.1, 0.15) is 49.4 Å². The third kappa shape index (κ3) is 5.76. The molecule has 2 aliphatic heterocycles. The number of nitrogens with zero attached hydrogens (tertiary/aromatic N) is 1. The molecule has 2 N–H and O–H groups in total. The number of ether oxygens (including phenoxy) is 2. The monoisotopic (exact) mass is 431 g/mol. The molecule has 2 heterocycles. The van der Waals surface area contributed by atoms with Crippen molar-refractivity contribution in [3.63, 3.8) is 0 Å². The molecule has 3 amide bonds. The summed E-state index contributed by atoms with van der Waals surface area (Å²) < 4.78 is 10.8. The highest BCUT2D eigenvalue weighted by Crippen LogP contribution is 2.37. The van der Waals surface area contributed by atoms with Gasteiger partial charge >= 0.3 is 0 Å². The Balaban J connectivity index is 1.69. The van der Waals surface area contributed by atoms with Crippen LogP contribution in [0.15, 0.2) is 24.3 Å². The Morgan fingerprint density at radius 3 is 2.68 bits per heavy atom. The molecule has 8 heteroatoms. The zero-order valence-electron chi connectivity index (χ0n) is 18.4. The SMILES string of the molecule is COc1cccc(C(=O)N2CCC3(CCCCOCCNC(=O)[C@H](C)NC3=O)CC2)c1. The van der Waals surface area contributed by atoms with E-state index in [0.29, 0.717) is 57.0 Å². The largest absolute Gasteiger partial charge is 0.497 e. The van der Waals surface area contributed by atoms with Gasteiger partial charge in [-0.05, 0) is 50.8 Å². The van der Waals surface area contributed by atoms with Crippen molar-refractivity contribution < 1.29 is 23.9 Å². The van der Waals surface area contributed by atoms with Gasteiger partial charge < -0.3 is 25.0 Å². The lowest BCUT2D eigenvalue weighted by atomic mass is 9.73. The smallest absolute Gasteiger partial charge is 0.253 e. The van der Waals surface area contributed by atoms with Gasteiger partial charge in [-0.2, -0.15) is 0 Å². The van der Waals surface area contributed by atoms with Gasteiger partial charge in [0.2, 0.25) is 11.8 Å². The van der Waals surface area contributed by atoms with Crippen LogP contribution >= 0.6 is 0 Å². The third-order valence-corrected chi connectivity index (χ3v) is 6.29. The van der Waals surface area contributed by atoms with E-state index >= 15 is 0 Å². The van der Waals surface area contributed by atoms with Crippen LogP contribution in [0, 0.1) is 5.41 Å². The van der Waals surface area contributed by atoms with Crippen molar-refractivity contribution in [1.82, 2.24) is 15.5 Å². The Hall–Kier alpha value is -2.61. The van der Waals surface area contributed by atoms with Gasteiger partial charge in [-0.25, -0.2) is 0 Å². The van der Waals surface area contributed by atoms with Crippen molar-refractivity contribution in [2.24, 2.45) is 5.41 Å². The summed E-state index contributed by atoms with van der Waals surface area (Å²) in [4.78, 5) is 40.2. The quantitative estimate of drug-likeness (QED) is 0.744. The van der Waals surface area contributed by atoms with Gasteiger partial charge in [0.15, 0.2) is 0 Å². The van der Waals surface area contributed by atoms with E-state index in [-0.39, 0.29) is 17.7 Å². The fourth-order valence-electron chi connectivity index (χ4n) is 4.25. The van der Waals surface area contributed by atoms with Gasteiger partial charge in [-0.15, -0.1) is 0 Å². The Bertz CT molecular complexity index is 789. The first-order valence-corrected chi connectivity index (χ1v) is 11.0. The van der Waals surface area contributed by atoms with Crippen LogP contribution in [0.3, 0.4) is 0 Å². The van der Waals surface area contributed by atoms with E-state index in [1.54, 1.807) is 43.2 Å². The highest BCUT2D eigenvalue weighted by molar-refractivity contribution is 5.95. The highest BCUT2D eigenvalue weighted by atomic mass is 16.5. The molecule has 31 heavy (non-hydrogen) atoms. The summed E-state index contributed by atoms with van der Waals surface area (Å²) in [5, 5.41) is 5.70. The number of nitrogens with one attached hydrogen (secondary N) is 2. The number of amides is 3. The van der Waals surface area contributed by atoms with Crippen LogP contribution in [-0.4, -0.2) is 68.6 Å². The van der Waals surface area contributed by atoms with Gasteiger partial charge in [0.25, 0.3) is 5.91 Å². The summed E-state index contributed by atoms with van der Waals surface area (Å²) >= 11 is 0. The number of carbonyl (C=O) groups is 3. The number of likely N-dealkylation sites (tertiary alicyclic amines) is 1. The van der Waals surface area contributed by atoms with E-state index in [1.807, 2.05) is 0 Å². The lowest BCUT2D eigenvalue weighted by Crippen LogP contribution is -2.54. The lowest BCUT2D eigenvalue weighted by Gasteiger charge is -2.41. The standard InChI is InChI=1S/C23H33N3O5/c1-17-20(27)24-11-15-31-14-4-3-8-23(22(29)25-17)9-12-26(13-10-23)21(28)18-6-5-7-19(16-18)30-2/h5-7,16-17H,3-4,8-15H2,1-2H3,(H,24,27)(H,25,29)/t17-/m0/s1. The summed E-state index contributed by atoms with van der Waals surface area (Å²) in [6, 6.07) is 6.51. The maximum atomic E-state index is 13.2. The number of rotatable bonds is 2. The second-order valence-corrected chi connectivity index (χ2v) is 8.36. The molecule has 0 bridgehead atoms. The van der Waals surface area contributed by atoms with E-state index in [2.05, 4.69) is 10.6 Å². The highest BCUT2D eigenvalue weighted by Gasteiger charge is 2.42. The molecule has 0 aromatic heterocycles. The summed E-state index contributed by atoms with van der Waals surface area (Å²) in [6.45, 7) is 4.22. The summed E-state index contributed by atoms with van der Waals surface area (Å²) in [6.07, 6.45) is 3.60. The van der Waals surface area contributed by atoms with Crippen molar-refractivity contribution in [2.45, 2.75) is 45.1 Å². The molecule has 0 saturated carbocycles. The van der Waals surface area contributed by atoms with Crippen molar-refractivity contribution in [2.75, 3.05) is 40.0 Å². The predicted octanol–water partition coefficient (Wildman–Crippen LogP) is 1.74. The molecule has 0 radical (unpaired) electrons. The second kappa shape index (κ2) is 10.6. The number of hydrogen-bond donors (Lipinski definition) is 2. The summed E-state index contributed by atoms with van der Waals surface area (Å²) in [7, 11) is 1.57. The zero-order valence-corrected chi connectivity index (χ0v) is 18.4. The molecule has 2 saturated heterocycles. The van der Waals surface area contributed by atoms with Crippen molar-refractivity contribution in [3.8, 4) is 5.75 Å². The molecular formula is C23H33N3O5. The normalized spacial score (nSPS) is 23.0. The summed E-state index contributed by atoms with van der Waals surface area (Å²) in [5.41, 5.74) is 0.00504. The lowest BCUT2D eigenvalue weighted by molar-refractivity contribution is -0.137. The average Bonchev–Trinajstić information content (AvgIpc) is 2.80. The van der Waals surface area contributed by atoms with E-state index in [0.717, 1.165) is 19.3 Å². The van der Waals surface area contributed by atoms with Crippen LogP contribution in [0.25, 0.3) is 0 Å². The summed E-state index contributed by atoms with van der Waals surface area (Å²) in [5.74, 6) is 0.282. The predicted molar refractivity (Wildman–Crippen MR) is 116 cm³/mol. The molecule has 1 aromatic rings. The van der Waals surface area contributed by atoms with Gasteiger partial charge in [0, 0.05) is 31.8 Å². The van der Waals surface area contributed by atoms with Gasteiger partial charge in [0.05, 0.1) is 19.1 Å². The first-order chi connectivity index (χ1) is 14.9. The number of carbonyl (C=O) groups excluding carboxylic acids is 3. The second-order valence-electron chi connectivity index (χ2n) is 8.36. The van der Waals surface area contributed by atoms with Gasteiger partial charge in [-0.1, -0.05) is 12.5 Å². The molecule has 2 aliphatic rings. The Kier molecular flexibility index (Phi) is 7.90. The van der Waals surface area contributed by atoms with Crippen LogP contribution in [-0.2, 0) is 14.3 Å². The van der Waals surface area contributed by atoms with E-state index in [1.165, 1.54) is 0 Å². The fraction of sp³-hybridized carbons (Fsp3) is 0.609. The van der Waals surface area contributed by atoms with Crippen LogP contribution in [0.4, 0.5) is 0 Å². The van der Waals surface area contributed by atoms with E-state index < -0.39 is 11.5 Å². The van der Waals surface area contributed by atoms with Crippen LogP contribution in [0.5, 0.6) is 5.75 Å². The zero-order chi connectivity index (χ0) is 22.3. The van der Waals surface area contributed by atoms with Crippen molar-refractivity contribution in [3.05, 3.63) is 29.8 Å². The molecule has 1 aromatic carbocycles. The number of benzene rings is 1. The molecular weight excluding hydrogens is 398 g/mol. The first-order valence-electron chi connectivity index (χ1n) is 11.0. The molecule has 8 nitrogen and oxygen atoms in total. The molecule has 1 atom stereocenters. The third-order valence-electron chi connectivity index (χ3n) is 6.29. The average molecular weight is 432 g/mol. The van der Waals surface area contributed by atoms with Crippen molar-refractivity contribution in [1.29, 1.82) is 0 Å². The number of methoxy groups -OCH3 is 1. The van der Waals surface area contributed by atoms with Gasteiger partial charge in [0.1, 0.15) is 11.8 Å². The Morgan fingerprint density at radius 1 is 1.16 bits per heavy atom. The van der Waals surface area contributed by atoms with Crippen LogP contribution < -0.4 is 15.4 Å². The van der Waals surface area contributed by atoms with Gasteiger partial charge in [-0.3, -0.25) is 14.4 Å². The number of hydrogen-bond acceptors (Lipinski definition) is 5. The molecule has 170 valence electrons. The molecule has 0 unspecified atom stereocenters. The fourth-order valence-corrected chi connectivity index (χ4v) is 4.25. The van der Waals surface area contributed by atoms with Crippen LogP contribution in [0.2, 0.25) is 0 Å². The minimum Gasteiger partial charge on any atom is -0.497 e. The Morgan fingerprint density at radius 2 is 1.94 bits per heavy atom. The maximum absolute atomic E-state index is 13.2. The first kappa shape index (κ1) is 23.1. The topological polar surface area (TPSA) is 97.0 Å².